The van der Waals surface area contributed by atoms with Crippen LogP contribution < -0.4 is 5.32 Å². The lowest BCUT2D eigenvalue weighted by molar-refractivity contribution is 0.521. The van der Waals surface area contributed by atoms with Gasteiger partial charge in [-0.15, -0.1) is 0 Å². The lowest BCUT2D eigenvalue weighted by Gasteiger charge is -2.13. The minimum Gasteiger partial charge on any atom is -0.350 e. The van der Waals surface area contributed by atoms with Crippen molar-refractivity contribution in [1.29, 1.82) is 0 Å². The zero-order valence-corrected chi connectivity index (χ0v) is 15.3. The number of nitrogens with one attached hydrogen (secondary N) is 1. The molecule has 0 radical (unpaired) electrons. The average Bonchev–Trinajstić information content (AvgIpc) is 3.27. The third-order valence-corrected chi connectivity index (χ3v) is 5.69. The van der Waals surface area contributed by atoms with Crippen LogP contribution in [0.4, 0.5) is 5.69 Å². The normalized spacial score (nSPS) is 19.7. The second-order valence-corrected chi connectivity index (χ2v) is 7.41. The van der Waals surface area contributed by atoms with Gasteiger partial charge in [0.15, 0.2) is 5.69 Å². The van der Waals surface area contributed by atoms with E-state index in [1.807, 2.05) is 6.07 Å². The highest BCUT2D eigenvalue weighted by Gasteiger charge is 2.27. The van der Waals surface area contributed by atoms with Crippen molar-refractivity contribution >= 4 is 16.6 Å². The van der Waals surface area contributed by atoms with Crippen molar-refractivity contribution in [3.8, 4) is 0 Å². The number of hydrogen-bond acceptors (Lipinski definition) is 1. The zero-order chi connectivity index (χ0) is 17.9. The molecule has 3 heteroatoms. The molecular formula is C23H25N3. The van der Waals surface area contributed by atoms with Crippen molar-refractivity contribution in [2.75, 3.05) is 6.54 Å². The predicted octanol–water partition coefficient (Wildman–Crippen LogP) is 5.20. The molecule has 3 aromatic rings. The summed E-state index contributed by atoms with van der Waals surface area (Å²) in [7, 11) is 2.11. The highest BCUT2D eigenvalue weighted by molar-refractivity contribution is 5.87. The molecule has 0 aliphatic heterocycles. The van der Waals surface area contributed by atoms with E-state index in [9.17, 15) is 0 Å². The topological polar surface area (TPSA) is 21.3 Å². The summed E-state index contributed by atoms with van der Waals surface area (Å²) in [6.07, 6.45) is 7.01. The van der Waals surface area contributed by atoms with E-state index in [0.717, 1.165) is 18.7 Å². The standard InChI is InChI=1S/C23H25N3/c1-24-19-10-11-23-21(15-19)22(16-26(23)2)18-8-9-20(14-18)25-13-12-17-6-4-3-5-7-17/h3-7,10-11,15-16,18,20,25H,8-9,12-14H2,2H3. The summed E-state index contributed by atoms with van der Waals surface area (Å²) in [5.41, 5.74) is 4.78. The van der Waals surface area contributed by atoms with E-state index >= 15 is 0 Å². The van der Waals surface area contributed by atoms with Gasteiger partial charge in [0.25, 0.3) is 0 Å². The van der Waals surface area contributed by atoms with Gasteiger partial charge in [0.05, 0.1) is 6.57 Å². The summed E-state index contributed by atoms with van der Waals surface area (Å²) in [5.74, 6) is 0.592. The van der Waals surface area contributed by atoms with Crippen LogP contribution in [0.3, 0.4) is 0 Å². The van der Waals surface area contributed by atoms with Gasteiger partial charge in [-0.05, 0) is 66.8 Å². The van der Waals surface area contributed by atoms with Gasteiger partial charge in [-0.3, -0.25) is 0 Å². The van der Waals surface area contributed by atoms with Gasteiger partial charge >= 0.3 is 0 Å². The number of aryl methyl sites for hydroxylation is 1. The van der Waals surface area contributed by atoms with Gasteiger partial charge in [-0.25, -0.2) is 4.85 Å². The fourth-order valence-electron chi connectivity index (χ4n) is 4.32. The van der Waals surface area contributed by atoms with Crippen molar-refractivity contribution in [2.24, 2.45) is 7.05 Å². The number of rotatable bonds is 5. The monoisotopic (exact) mass is 343 g/mol. The lowest BCUT2D eigenvalue weighted by Crippen LogP contribution is -2.28. The molecule has 1 aromatic heterocycles. The Morgan fingerprint density at radius 3 is 2.81 bits per heavy atom. The Kier molecular flexibility index (Phi) is 4.77. The Balaban J connectivity index is 1.42. The van der Waals surface area contributed by atoms with Crippen LogP contribution in [0.2, 0.25) is 0 Å². The van der Waals surface area contributed by atoms with Gasteiger partial charge in [-0.1, -0.05) is 36.4 Å². The maximum Gasteiger partial charge on any atom is 0.187 e. The molecule has 0 spiro atoms. The van der Waals surface area contributed by atoms with Crippen LogP contribution in [-0.4, -0.2) is 17.2 Å². The Morgan fingerprint density at radius 2 is 2.00 bits per heavy atom. The number of aromatic nitrogens is 1. The maximum absolute atomic E-state index is 7.29. The molecule has 1 saturated carbocycles. The number of nitrogens with zero attached hydrogens (tertiary/aromatic N) is 2. The second-order valence-electron chi connectivity index (χ2n) is 7.41. The Bertz CT molecular complexity index is 933. The van der Waals surface area contributed by atoms with Crippen molar-refractivity contribution in [3.63, 3.8) is 0 Å². The zero-order valence-electron chi connectivity index (χ0n) is 15.3. The molecule has 132 valence electrons. The van der Waals surface area contributed by atoms with Crippen LogP contribution in [0.15, 0.2) is 54.7 Å². The van der Waals surface area contributed by atoms with Crippen LogP contribution in [0, 0.1) is 6.57 Å². The molecule has 0 amide bonds. The quantitative estimate of drug-likeness (QED) is 0.632. The van der Waals surface area contributed by atoms with Gasteiger partial charge in [0.2, 0.25) is 0 Å². The minimum atomic E-state index is 0.592. The van der Waals surface area contributed by atoms with E-state index in [1.54, 1.807) is 0 Å². The Morgan fingerprint density at radius 1 is 1.15 bits per heavy atom. The van der Waals surface area contributed by atoms with Crippen molar-refractivity contribution < 1.29 is 0 Å². The molecule has 0 bridgehead atoms. The third-order valence-electron chi connectivity index (χ3n) is 5.69. The molecule has 4 rings (SSSR count). The molecule has 3 nitrogen and oxygen atoms in total. The fourth-order valence-corrected chi connectivity index (χ4v) is 4.32. The molecule has 1 aliphatic carbocycles. The number of fused-ring (bicyclic) bond motifs is 1. The summed E-state index contributed by atoms with van der Waals surface area (Å²) < 4.78 is 2.20. The largest absolute Gasteiger partial charge is 0.350 e. The smallest absolute Gasteiger partial charge is 0.187 e. The predicted molar refractivity (Wildman–Crippen MR) is 108 cm³/mol. The summed E-state index contributed by atoms with van der Waals surface area (Å²) in [6.45, 7) is 8.33. The molecule has 0 saturated heterocycles. The second kappa shape index (κ2) is 7.35. The van der Waals surface area contributed by atoms with E-state index < -0.39 is 0 Å². The SMILES string of the molecule is [C-]#[N+]c1ccc2c(c1)c(C1CCC(NCCc3ccccc3)C1)cn2C. The highest BCUT2D eigenvalue weighted by Crippen LogP contribution is 2.39. The van der Waals surface area contributed by atoms with Crippen LogP contribution >= 0.6 is 0 Å². The van der Waals surface area contributed by atoms with Crippen LogP contribution in [0.25, 0.3) is 15.7 Å². The van der Waals surface area contributed by atoms with E-state index in [1.165, 1.54) is 41.3 Å². The van der Waals surface area contributed by atoms with Crippen molar-refractivity contribution in [3.05, 3.63) is 77.3 Å². The number of benzene rings is 2. The molecule has 1 aliphatic rings. The summed E-state index contributed by atoms with van der Waals surface area (Å²) in [6, 6.07) is 17.4. The first-order valence-corrected chi connectivity index (χ1v) is 9.48. The first-order valence-electron chi connectivity index (χ1n) is 9.48. The van der Waals surface area contributed by atoms with E-state index in [2.05, 4.69) is 70.4 Å². The first kappa shape index (κ1) is 16.9. The Hall–Kier alpha value is -2.57. The van der Waals surface area contributed by atoms with Crippen LogP contribution in [-0.2, 0) is 13.5 Å². The number of hydrogen-bond donors (Lipinski definition) is 1. The van der Waals surface area contributed by atoms with Gasteiger partial charge < -0.3 is 9.88 Å². The lowest BCUT2D eigenvalue weighted by atomic mass is 9.96. The van der Waals surface area contributed by atoms with Gasteiger partial charge in [0, 0.05) is 24.8 Å². The van der Waals surface area contributed by atoms with E-state index in [0.29, 0.717) is 12.0 Å². The fraction of sp³-hybridized carbons (Fsp3) is 0.348. The molecule has 1 fully saturated rings. The molecule has 1 heterocycles. The molecular weight excluding hydrogens is 318 g/mol. The van der Waals surface area contributed by atoms with E-state index in [4.69, 9.17) is 6.57 Å². The van der Waals surface area contributed by atoms with Crippen molar-refractivity contribution in [1.82, 2.24) is 9.88 Å². The summed E-state index contributed by atoms with van der Waals surface area (Å²) in [4.78, 5) is 3.61. The van der Waals surface area contributed by atoms with Crippen LogP contribution in [0.1, 0.15) is 36.3 Å². The molecule has 1 N–H and O–H groups in total. The Labute approximate surface area is 155 Å². The molecule has 2 unspecified atom stereocenters. The van der Waals surface area contributed by atoms with Gasteiger partial charge in [0.1, 0.15) is 0 Å². The van der Waals surface area contributed by atoms with Crippen LogP contribution in [0.5, 0.6) is 0 Å². The molecule has 2 atom stereocenters. The van der Waals surface area contributed by atoms with Crippen molar-refractivity contribution in [2.45, 2.75) is 37.6 Å². The first-order chi connectivity index (χ1) is 12.7. The minimum absolute atomic E-state index is 0.592. The third kappa shape index (κ3) is 3.38. The molecule has 2 aromatic carbocycles. The summed E-state index contributed by atoms with van der Waals surface area (Å²) >= 11 is 0. The highest BCUT2D eigenvalue weighted by atomic mass is 14.9. The average molecular weight is 343 g/mol. The maximum atomic E-state index is 7.29. The molecule has 26 heavy (non-hydrogen) atoms. The van der Waals surface area contributed by atoms with Gasteiger partial charge in [-0.2, -0.15) is 0 Å². The summed E-state index contributed by atoms with van der Waals surface area (Å²) in [5, 5.41) is 5.01. The van der Waals surface area contributed by atoms with E-state index in [-0.39, 0.29) is 0 Å².